The van der Waals surface area contributed by atoms with Crippen molar-refractivity contribution >= 4 is 40.2 Å². The number of carboxylic acid groups (broad SMARTS) is 1. The number of aliphatic carboxylic acids is 1. The van der Waals surface area contributed by atoms with Gasteiger partial charge in [-0.1, -0.05) is 0 Å². The second-order valence-electron chi connectivity index (χ2n) is 6.66. The zero-order valence-electron chi connectivity index (χ0n) is 15.0. The van der Waals surface area contributed by atoms with Gasteiger partial charge in [0.05, 0.1) is 11.7 Å². The number of likely N-dealkylation sites (tertiary alicyclic amines) is 1. The van der Waals surface area contributed by atoms with Crippen LogP contribution in [-0.2, 0) is 16.1 Å². The molecule has 2 fully saturated rings. The lowest BCUT2D eigenvalue weighted by molar-refractivity contribution is -0.192. The highest BCUT2D eigenvalue weighted by Crippen LogP contribution is 2.37. The number of carbonyl (C=O) groups is 2. The summed E-state index contributed by atoms with van der Waals surface area (Å²) in [7, 11) is 0. The molecule has 28 heavy (non-hydrogen) atoms. The third kappa shape index (κ3) is 4.56. The number of hydrogen-bond acceptors (Lipinski definition) is 5. The normalized spacial score (nSPS) is 22.1. The first-order chi connectivity index (χ1) is 13.2. The van der Waals surface area contributed by atoms with Gasteiger partial charge in [0.15, 0.2) is 0 Å². The van der Waals surface area contributed by atoms with E-state index in [1.165, 1.54) is 9.75 Å². The zero-order chi connectivity index (χ0) is 20.5. The van der Waals surface area contributed by atoms with Crippen molar-refractivity contribution in [1.82, 2.24) is 4.90 Å². The van der Waals surface area contributed by atoms with Crippen LogP contribution >= 0.6 is 22.7 Å². The van der Waals surface area contributed by atoms with E-state index in [-0.39, 0.29) is 5.91 Å². The number of carbonyl (C=O) groups excluding carboxylic acids is 1. The lowest BCUT2D eigenvalue weighted by Gasteiger charge is -2.24. The Morgan fingerprint density at radius 3 is 2.54 bits per heavy atom. The highest BCUT2D eigenvalue weighted by molar-refractivity contribution is 7.11. The fraction of sp³-hybridized carbons (Fsp3) is 0.444. The van der Waals surface area contributed by atoms with Gasteiger partial charge < -0.3 is 10.0 Å². The van der Waals surface area contributed by atoms with Gasteiger partial charge in [-0.15, -0.1) is 11.3 Å². The van der Waals surface area contributed by atoms with Gasteiger partial charge in [-0.25, -0.2) is 4.79 Å². The molecule has 0 radical (unpaired) electrons. The Kier molecular flexibility index (Phi) is 6.11. The molecule has 0 aliphatic carbocycles. The quantitative estimate of drug-likeness (QED) is 0.792. The number of nitrogens with zero attached hydrogens (tertiary/aromatic N) is 2. The maximum absolute atomic E-state index is 12.4. The molecule has 5 nitrogen and oxygen atoms in total. The number of hydrogen-bond donors (Lipinski definition) is 1. The van der Waals surface area contributed by atoms with Gasteiger partial charge in [-0.3, -0.25) is 9.69 Å². The predicted molar refractivity (Wildman–Crippen MR) is 102 cm³/mol. The monoisotopic (exact) mass is 432 g/mol. The molecule has 2 aliphatic heterocycles. The molecule has 1 amide bonds. The van der Waals surface area contributed by atoms with Crippen LogP contribution in [0.2, 0.25) is 0 Å². The first-order valence-electron chi connectivity index (χ1n) is 8.60. The van der Waals surface area contributed by atoms with Gasteiger partial charge in [-0.05, 0) is 36.9 Å². The van der Waals surface area contributed by atoms with Crippen LogP contribution in [0.1, 0.15) is 22.6 Å². The van der Waals surface area contributed by atoms with E-state index in [1.807, 2.05) is 16.2 Å². The van der Waals surface area contributed by atoms with Crippen LogP contribution < -0.4 is 4.90 Å². The Bertz CT molecular complexity index is 835. The van der Waals surface area contributed by atoms with Gasteiger partial charge in [0.2, 0.25) is 5.91 Å². The number of alkyl halides is 3. The number of carboxylic acids is 1. The summed E-state index contributed by atoms with van der Waals surface area (Å²) in [4.78, 5) is 28.6. The highest BCUT2D eigenvalue weighted by Gasteiger charge is 2.47. The number of rotatable bonds is 3. The summed E-state index contributed by atoms with van der Waals surface area (Å²) in [6, 6.07) is 7.23. The zero-order valence-corrected chi connectivity index (χ0v) is 16.6. The molecule has 0 bridgehead atoms. The summed E-state index contributed by atoms with van der Waals surface area (Å²) < 4.78 is 31.7. The smallest absolute Gasteiger partial charge is 0.475 e. The predicted octanol–water partition coefficient (Wildman–Crippen LogP) is 4.13. The molecule has 2 aliphatic rings. The van der Waals surface area contributed by atoms with Gasteiger partial charge >= 0.3 is 12.1 Å². The van der Waals surface area contributed by atoms with Crippen molar-refractivity contribution in [2.24, 2.45) is 0 Å². The Hall–Kier alpha value is -1.91. The van der Waals surface area contributed by atoms with E-state index in [4.69, 9.17) is 9.90 Å². The van der Waals surface area contributed by atoms with Gasteiger partial charge in [0.1, 0.15) is 0 Å². The van der Waals surface area contributed by atoms with Crippen molar-refractivity contribution in [2.45, 2.75) is 44.6 Å². The van der Waals surface area contributed by atoms with E-state index < -0.39 is 12.1 Å². The second-order valence-corrected chi connectivity index (χ2v) is 8.81. The minimum absolute atomic E-state index is 0.287. The topological polar surface area (TPSA) is 60.9 Å². The largest absolute Gasteiger partial charge is 0.490 e. The van der Waals surface area contributed by atoms with Crippen LogP contribution in [0.5, 0.6) is 0 Å². The number of halogens is 3. The maximum atomic E-state index is 12.4. The van der Waals surface area contributed by atoms with Crippen LogP contribution in [-0.4, -0.2) is 46.7 Å². The summed E-state index contributed by atoms with van der Waals surface area (Å²) in [6.07, 6.45) is -3.32. The average molecular weight is 432 g/mol. The molecule has 10 heteroatoms. The molecule has 2 atom stereocenters. The molecule has 0 saturated carbocycles. The summed E-state index contributed by atoms with van der Waals surface area (Å²) >= 11 is 3.53. The van der Waals surface area contributed by atoms with Gasteiger partial charge in [-0.2, -0.15) is 24.5 Å². The molecule has 4 heterocycles. The fourth-order valence-corrected chi connectivity index (χ4v) is 5.17. The van der Waals surface area contributed by atoms with Crippen LogP contribution in [0.25, 0.3) is 0 Å². The van der Waals surface area contributed by atoms with Crippen molar-refractivity contribution in [3.63, 3.8) is 0 Å². The molecule has 2 saturated heterocycles. The van der Waals surface area contributed by atoms with Crippen molar-refractivity contribution in [3.05, 3.63) is 38.7 Å². The number of amides is 1. The molecule has 152 valence electrons. The molecular weight excluding hydrogens is 413 g/mol. The Labute approximate surface area is 168 Å². The summed E-state index contributed by atoms with van der Waals surface area (Å²) in [5.41, 5.74) is 1.09. The molecule has 0 unspecified atom stereocenters. The molecule has 2 aromatic heterocycles. The van der Waals surface area contributed by atoms with Crippen molar-refractivity contribution < 1.29 is 27.9 Å². The summed E-state index contributed by atoms with van der Waals surface area (Å²) in [5, 5.41) is 11.3. The molecule has 2 aromatic rings. The van der Waals surface area contributed by atoms with Crippen LogP contribution in [0.4, 0.5) is 18.9 Å². The minimum atomic E-state index is -5.08. The van der Waals surface area contributed by atoms with E-state index in [2.05, 4.69) is 40.8 Å². The molecular formula is C18H19F3N2O3S2. The first-order valence-corrected chi connectivity index (χ1v) is 10.4. The number of anilines is 1. The molecule has 0 aromatic carbocycles. The molecule has 4 rings (SSSR count). The Morgan fingerprint density at radius 2 is 2.00 bits per heavy atom. The number of aryl methyl sites for hydroxylation is 1. The van der Waals surface area contributed by atoms with Gasteiger partial charge in [0.25, 0.3) is 0 Å². The fourth-order valence-electron chi connectivity index (χ4n) is 3.62. The number of fused-ring (bicyclic) bond motifs is 1. The standard InChI is InChI=1S/C16H18N2OS2.C2HF3O2/c1-11-2-3-13(21-11)9-17-6-4-14-15(17)8-16(19)18(14)12-5-7-20-10-12;3-2(4,5)1(6)7/h2-3,5,7,10,14-15H,4,6,8-9H2,1H3;(H,6,7)/t14-,15+;/m0./s1. The average Bonchev–Trinajstić information content (AvgIpc) is 3.35. The van der Waals surface area contributed by atoms with Crippen molar-refractivity contribution in [2.75, 3.05) is 11.4 Å². The van der Waals surface area contributed by atoms with E-state index in [9.17, 15) is 18.0 Å². The SMILES string of the molecule is Cc1ccc(CN2CC[C@H]3[C@H]2CC(=O)N3c2ccsc2)s1.O=C(O)C(F)(F)F. The van der Waals surface area contributed by atoms with E-state index in [0.717, 1.165) is 25.2 Å². The van der Waals surface area contributed by atoms with Crippen LogP contribution in [0.3, 0.4) is 0 Å². The highest BCUT2D eigenvalue weighted by atomic mass is 32.1. The summed E-state index contributed by atoms with van der Waals surface area (Å²) in [5.74, 6) is -2.47. The minimum Gasteiger partial charge on any atom is -0.475 e. The van der Waals surface area contributed by atoms with E-state index >= 15 is 0 Å². The Morgan fingerprint density at radius 1 is 1.29 bits per heavy atom. The third-order valence-corrected chi connectivity index (χ3v) is 6.45. The third-order valence-electron chi connectivity index (χ3n) is 4.79. The van der Waals surface area contributed by atoms with E-state index in [0.29, 0.717) is 18.5 Å². The van der Waals surface area contributed by atoms with Gasteiger partial charge in [0, 0.05) is 40.7 Å². The van der Waals surface area contributed by atoms with Crippen LogP contribution in [0.15, 0.2) is 29.0 Å². The first kappa shape index (κ1) is 20.8. The summed E-state index contributed by atoms with van der Waals surface area (Å²) in [6.45, 7) is 4.24. The second kappa shape index (κ2) is 8.22. The lowest BCUT2D eigenvalue weighted by atomic mass is 10.1. The van der Waals surface area contributed by atoms with E-state index in [1.54, 1.807) is 11.3 Å². The van der Waals surface area contributed by atoms with Crippen LogP contribution in [0, 0.1) is 6.92 Å². The maximum Gasteiger partial charge on any atom is 0.490 e. The lowest BCUT2D eigenvalue weighted by Crippen LogP contribution is -2.36. The molecule has 1 N–H and O–H groups in total. The van der Waals surface area contributed by atoms with Crippen molar-refractivity contribution in [1.29, 1.82) is 0 Å². The molecule has 0 spiro atoms. The Balaban J connectivity index is 0.000000279. The number of thiophene rings is 2. The van der Waals surface area contributed by atoms with Crippen molar-refractivity contribution in [3.8, 4) is 0 Å².